The lowest BCUT2D eigenvalue weighted by Gasteiger charge is -2.34. The van der Waals surface area contributed by atoms with Gasteiger partial charge in [-0.3, -0.25) is 0 Å². The molecule has 3 aromatic rings. The molecule has 0 bridgehead atoms. The Balaban J connectivity index is 2.04. The van der Waals surface area contributed by atoms with Crippen LogP contribution in [0, 0.1) is 0 Å². The van der Waals surface area contributed by atoms with Gasteiger partial charge in [0.1, 0.15) is 0 Å². The van der Waals surface area contributed by atoms with Crippen molar-refractivity contribution in [3.63, 3.8) is 0 Å². The molecule has 3 aromatic carbocycles. The molecule has 1 nitrogen and oxygen atoms in total. The van der Waals surface area contributed by atoms with Gasteiger partial charge < -0.3 is 4.43 Å². The Labute approximate surface area is 165 Å². The van der Waals surface area contributed by atoms with Crippen LogP contribution in [-0.2, 0) is 4.43 Å². The summed E-state index contributed by atoms with van der Waals surface area (Å²) in [6.45, 7) is 9.34. The van der Waals surface area contributed by atoms with Crippen molar-refractivity contribution in [2.24, 2.45) is 0 Å². The fourth-order valence-electron chi connectivity index (χ4n) is 3.21. The molecule has 3 heteroatoms. The van der Waals surface area contributed by atoms with Gasteiger partial charge in [-0.2, -0.15) is 0 Å². The summed E-state index contributed by atoms with van der Waals surface area (Å²) >= 11 is 0. The topological polar surface area (TPSA) is 9.23 Å². The van der Waals surface area contributed by atoms with E-state index in [9.17, 15) is 0 Å². The van der Waals surface area contributed by atoms with Crippen molar-refractivity contribution in [3.05, 3.63) is 102 Å². The lowest BCUT2D eigenvalue weighted by molar-refractivity contribution is 0.464. The Kier molecular flexibility index (Phi) is 5.83. The second-order valence-corrected chi connectivity index (χ2v) is 16.0. The van der Waals surface area contributed by atoms with Crippen molar-refractivity contribution in [2.75, 3.05) is 0 Å². The zero-order chi connectivity index (χ0) is 19.3. The van der Waals surface area contributed by atoms with Crippen molar-refractivity contribution in [2.45, 2.75) is 26.2 Å². The molecule has 0 aliphatic heterocycles. The summed E-state index contributed by atoms with van der Waals surface area (Å²) in [5.74, 6) is 0. The van der Waals surface area contributed by atoms with Gasteiger partial charge in [-0.25, -0.2) is 0 Å². The highest BCUT2D eigenvalue weighted by Crippen LogP contribution is 2.24. The highest BCUT2D eigenvalue weighted by atomic mass is 28.4. The maximum absolute atomic E-state index is 6.91. The van der Waals surface area contributed by atoms with Gasteiger partial charge in [-0.05, 0) is 29.9 Å². The van der Waals surface area contributed by atoms with Crippen LogP contribution < -0.4 is 10.4 Å². The van der Waals surface area contributed by atoms with E-state index in [-0.39, 0.29) is 0 Å². The Morgan fingerprint density at radius 3 is 1.59 bits per heavy atom. The molecule has 27 heavy (non-hydrogen) atoms. The molecule has 0 radical (unpaired) electrons. The van der Waals surface area contributed by atoms with Crippen molar-refractivity contribution in [1.82, 2.24) is 0 Å². The van der Waals surface area contributed by atoms with Crippen LogP contribution >= 0.6 is 0 Å². The van der Waals surface area contributed by atoms with Crippen LogP contribution in [0.4, 0.5) is 0 Å². The van der Waals surface area contributed by atoms with Gasteiger partial charge in [-0.15, -0.1) is 0 Å². The van der Waals surface area contributed by atoms with E-state index >= 15 is 0 Å². The summed E-state index contributed by atoms with van der Waals surface area (Å²) in [5.41, 5.74) is 1.20. The fourth-order valence-corrected chi connectivity index (χ4v) is 8.55. The first-order chi connectivity index (χ1) is 12.9. The van der Waals surface area contributed by atoms with Crippen molar-refractivity contribution in [3.8, 4) is 0 Å². The zero-order valence-corrected chi connectivity index (χ0v) is 18.6. The molecule has 0 saturated carbocycles. The largest absolute Gasteiger partial charge is 0.546 e. The predicted octanol–water partition coefficient (Wildman–Crippen LogP) is 5.31. The lowest BCUT2D eigenvalue weighted by Crippen LogP contribution is -2.51. The third-order valence-corrected chi connectivity index (χ3v) is 11.0. The average molecular weight is 389 g/mol. The van der Waals surface area contributed by atoms with E-state index in [2.05, 4.69) is 123 Å². The summed E-state index contributed by atoms with van der Waals surface area (Å²) in [5, 5.41) is 3.87. The molecule has 138 valence electrons. The van der Waals surface area contributed by atoms with Gasteiger partial charge in [0.2, 0.25) is 0 Å². The van der Waals surface area contributed by atoms with Gasteiger partial charge in [0, 0.05) is 0 Å². The smallest absolute Gasteiger partial charge is 0.275 e. The van der Waals surface area contributed by atoms with E-state index in [1.165, 1.54) is 15.9 Å². The fraction of sp³-hybridized carbons (Fsp3) is 0.167. The Hall–Kier alpha value is -2.37. The lowest BCUT2D eigenvalue weighted by atomic mass is 10.2. The Morgan fingerprint density at radius 2 is 1.07 bits per heavy atom. The van der Waals surface area contributed by atoms with Crippen LogP contribution in [0.5, 0.6) is 0 Å². The summed E-state index contributed by atoms with van der Waals surface area (Å²) < 4.78 is 6.91. The second kappa shape index (κ2) is 8.11. The van der Waals surface area contributed by atoms with Gasteiger partial charge in [0.15, 0.2) is 8.07 Å². The van der Waals surface area contributed by atoms with Crippen molar-refractivity contribution in [1.29, 1.82) is 0 Å². The second-order valence-electron chi connectivity index (χ2n) is 7.89. The highest BCUT2D eigenvalue weighted by Gasteiger charge is 2.36. The Bertz CT molecular complexity index is 885. The van der Waals surface area contributed by atoms with Crippen LogP contribution in [0.2, 0.25) is 26.2 Å². The van der Waals surface area contributed by atoms with Crippen LogP contribution in [0.15, 0.2) is 96.4 Å². The molecule has 0 aromatic heterocycles. The molecular formula is C24H28OSi2. The van der Waals surface area contributed by atoms with Gasteiger partial charge in [0.05, 0.1) is 5.38 Å². The SMILES string of the molecule is C[Si](C)(O/C(=C/c1ccccc1)[Si](C)(C)c1ccccc1)c1ccccc1. The van der Waals surface area contributed by atoms with Crippen LogP contribution in [-0.4, -0.2) is 16.4 Å². The molecule has 0 N–H and O–H groups in total. The zero-order valence-electron chi connectivity index (χ0n) is 16.6. The summed E-state index contributed by atoms with van der Waals surface area (Å²) in [6, 6.07) is 32.0. The first kappa shape index (κ1) is 19.4. The molecule has 0 saturated heterocycles. The highest BCUT2D eigenvalue weighted by molar-refractivity contribution is 6.97. The predicted molar refractivity (Wildman–Crippen MR) is 123 cm³/mol. The number of hydrogen-bond donors (Lipinski definition) is 0. The third kappa shape index (κ3) is 4.68. The minimum Gasteiger partial charge on any atom is -0.546 e. The normalized spacial score (nSPS) is 12.7. The number of hydrogen-bond acceptors (Lipinski definition) is 1. The minimum atomic E-state index is -2.07. The molecule has 0 unspecified atom stereocenters. The molecule has 0 spiro atoms. The van der Waals surface area contributed by atoms with Gasteiger partial charge in [0.25, 0.3) is 8.32 Å². The maximum atomic E-state index is 6.91. The standard InChI is InChI=1S/C24H28OSi2/c1-26(2,22-16-10-6-11-17-22)24(20-21-14-8-5-9-15-21)25-27(3,4)23-18-12-7-13-19-23/h5-20H,1-4H3/b24-20-. The molecule has 0 aliphatic carbocycles. The summed E-state index contributed by atoms with van der Waals surface area (Å²) in [4.78, 5) is 0. The van der Waals surface area contributed by atoms with Crippen LogP contribution in [0.25, 0.3) is 6.08 Å². The first-order valence-corrected chi connectivity index (χ1v) is 15.4. The number of rotatable bonds is 6. The van der Waals surface area contributed by atoms with Gasteiger partial charge >= 0.3 is 0 Å². The number of benzene rings is 3. The summed E-state index contributed by atoms with van der Waals surface area (Å²) in [6.07, 6.45) is 2.26. The van der Waals surface area contributed by atoms with E-state index in [4.69, 9.17) is 4.43 Å². The molecular weight excluding hydrogens is 360 g/mol. The molecule has 0 heterocycles. The molecule has 3 rings (SSSR count). The quantitative estimate of drug-likeness (QED) is 0.411. The maximum Gasteiger partial charge on any atom is 0.275 e. The first-order valence-electron chi connectivity index (χ1n) is 9.47. The third-order valence-electron chi connectivity index (χ3n) is 5.04. The molecule has 0 aliphatic rings. The van der Waals surface area contributed by atoms with Gasteiger partial charge in [-0.1, -0.05) is 109 Å². The van der Waals surface area contributed by atoms with E-state index in [1.807, 2.05) is 0 Å². The summed E-state index contributed by atoms with van der Waals surface area (Å²) in [7, 11) is -4.03. The van der Waals surface area contributed by atoms with E-state index in [0.29, 0.717) is 0 Å². The van der Waals surface area contributed by atoms with Crippen molar-refractivity contribution >= 4 is 32.8 Å². The molecule has 0 atom stereocenters. The van der Waals surface area contributed by atoms with E-state index in [1.54, 1.807) is 0 Å². The van der Waals surface area contributed by atoms with E-state index < -0.39 is 16.4 Å². The van der Waals surface area contributed by atoms with Crippen LogP contribution in [0.3, 0.4) is 0 Å². The molecule has 0 fully saturated rings. The van der Waals surface area contributed by atoms with Crippen LogP contribution in [0.1, 0.15) is 5.56 Å². The van der Waals surface area contributed by atoms with E-state index in [0.717, 1.165) is 5.38 Å². The Morgan fingerprint density at radius 1 is 0.630 bits per heavy atom. The monoisotopic (exact) mass is 388 g/mol. The minimum absolute atomic E-state index is 1.15. The molecule has 0 amide bonds. The average Bonchev–Trinajstić information content (AvgIpc) is 2.69. The van der Waals surface area contributed by atoms with Crippen molar-refractivity contribution < 1.29 is 4.43 Å².